The number of esters is 2. The molecule has 1 aliphatic rings. The molecule has 0 aromatic heterocycles. The zero-order valence-corrected chi connectivity index (χ0v) is 33.0. The highest BCUT2D eigenvalue weighted by Gasteiger charge is 2.44. The summed E-state index contributed by atoms with van der Waals surface area (Å²) in [6.07, 6.45) is 31.2. The molecular weight excluding hydrogens is 676 g/mol. The molecule has 10 nitrogen and oxygen atoms in total. The van der Waals surface area contributed by atoms with Crippen LogP contribution >= 0.6 is 0 Å². The molecule has 0 spiro atoms. The Morgan fingerprint density at radius 1 is 0.585 bits per heavy atom. The smallest absolute Gasteiger partial charge is 0.306 e. The maximum absolute atomic E-state index is 12.7. The van der Waals surface area contributed by atoms with Crippen molar-refractivity contribution in [1.82, 2.24) is 0 Å². The van der Waals surface area contributed by atoms with Crippen molar-refractivity contribution in [1.29, 1.82) is 0 Å². The zero-order valence-electron chi connectivity index (χ0n) is 33.0. The summed E-state index contributed by atoms with van der Waals surface area (Å²) in [5, 5.41) is 40.0. The first-order valence-corrected chi connectivity index (χ1v) is 20.7. The molecule has 2 unspecified atom stereocenters. The van der Waals surface area contributed by atoms with E-state index in [4.69, 9.17) is 18.9 Å². The van der Waals surface area contributed by atoms with E-state index >= 15 is 0 Å². The molecule has 0 aromatic rings. The van der Waals surface area contributed by atoms with Gasteiger partial charge < -0.3 is 39.4 Å². The molecule has 0 amide bonds. The molecule has 4 N–H and O–H groups in total. The summed E-state index contributed by atoms with van der Waals surface area (Å²) < 4.78 is 22.0. The highest BCUT2D eigenvalue weighted by molar-refractivity contribution is 5.70. The van der Waals surface area contributed by atoms with Gasteiger partial charge in [-0.15, -0.1) is 0 Å². The lowest BCUT2D eigenvalue weighted by Gasteiger charge is -2.39. The molecule has 0 radical (unpaired) electrons. The Bertz CT molecular complexity index is 1010. The fourth-order valence-electron chi connectivity index (χ4n) is 5.83. The van der Waals surface area contributed by atoms with Crippen LogP contribution < -0.4 is 0 Å². The predicted octanol–water partition coefficient (Wildman–Crippen LogP) is 8.10. The van der Waals surface area contributed by atoms with Crippen molar-refractivity contribution in [3.63, 3.8) is 0 Å². The lowest BCUT2D eigenvalue weighted by molar-refractivity contribution is -0.305. The minimum atomic E-state index is -1.60. The first-order chi connectivity index (χ1) is 25.8. The molecule has 0 saturated carbocycles. The first-order valence-electron chi connectivity index (χ1n) is 20.7. The number of hydrogen-bond donors (Lipinski definition) is 4. The number of rotatable bonds is 33. The van der Waals surface area contributed by atoms with Gasteiger partial charge in [0.1, 0.15) is 31.0 Å². The van der Waals surface area contributed by atoms with Gasteiger partial charge in [-0.1, -0.05) is 114 Å². The zero-order chi connectivity index (χ0) is 38.8. The van der Waals surface area contributed by atoms with Gasteiger partial charge in [0.05, 0.1) is 13.2 Å². The van der Waals surface area contributed by atoms with E-state index in [1.807, 2.05) is 0 Å². The topological polar surface area (TPSA) is 152 Å². The van der Waals surface area contributed by atoms with Crippen molar-refractivity contribution < 1.29 is 49.0 Å². The number of carbonyl (C=O) groups excluding carboxylic acids is 2. The summed E-state index contributed by atoms with van der Waals surface area (Å²) in [6.45, 7) is 3.31. The second-order valence-corrected chi connectivity index (χ2v) is 14.1. The molecule has 1 saturated heterocycles. The molecule has 10 heteroatoms. The standard InChI is InChI=1S/C43H74O10/c1-3-5-7-9-11-13-15-17-18-20-21-23-25-27-29-31-38(45)50-34-36(35-51-43-42(49)41(48)40(47)37(33-44)53-43)52-39(46)32-30-28-26-24-22-19-16-14-12-10-8-6-4-2/h11,13-14,16-18,21,23,36-37,40-44,47-49H,3-10,12,15,19-20,22,24-35H2,1-2H3/b13-11+,16-14+,18-17+,23-21+/t36-,37-,40+,41?,42?,43-/m0/s1. The number of aliphatic hydroxyl groups is 4. The number of unbranched alkanes of at least 4 members (excludes halogenated alkanes) is 14. The van der Waals surface area contributed by atoms with Crippen LogP contribution in [0.4, 0.5) is 0 Å². The highest BCUT2D eigenvalue weighted by Crippen LogP contribution is 2.22. The van der Waals surface area contributed by atoms with Crippen LogP contribution in [-0.2, 0) is 28.5 Å². The van der Waals surface area contributed by atoms with Crippen LogP contribution in [0.15, 0.2) is 48.6 Å². The summed E-state index contributed by atoms with van der Waals surface area (Å²) in [6, 6.07) is 0. The number of aliphatic hydroxyl groups excluding tert-OH is 4. The normalized spacial score (nSPS) is 21.4. The number of hydrogen-bond acceptors (Lipinski definition) is 10. The fraction of sp³-hybridized carbons (Fsp3) is 0.767. The second kappa shape index (κ2) is 34.2. The lowest BCUT2D eigenvalue weighted by Crippen LogP contribution is -2.59. The maximum atomic E-state index is 12.7. The van der Waals surface area contributed by atoms with Crippen LogP contribution in [0.5, 0.6) is 0 Å². The van der Waals surface area contributed by atoms with E-state index in [2.05, 4.69) is 62.5 Å². The summed E-state index contributed by atoms with van der Waals surface area (Å²) >= 11 is 0. The van der Waals surface area contributed by atoms with E-state index in [1.165, 1.54) is 44.9 Å². The van der Waals surface area contributed by atoms with Crippen LogP contribution in [0.3, 0.4) is 0 Å². The molecule has 6 atom stereocenters. The summed E-state index contributed by atoms with van der Waals surface area (Å²) in [7, 11) is 0. The lowest BCUT2D eigenvalue weighted by atomic mass is 9.99. The quantitative estimate of drug-likeness (QED) is 0.0294. The van der Waals surface area contributed by atoms with E-state index < -0.39 is 55.4 Å². The molecule has 0 aliphatic carbocycles. The van der Waals surface area contributed by atoms with Gasteiger partial charge in [0, 0.05) is 12.8 Å². The SMILES string of the molecule is CCCCC/C=C/C/C=C/C/C=C/CCCCC(=O)OC[C@@H](CO[C@H]1O[C@@H](CO)[C@@H](O)C(O)C1O)OC(=O)CCCCCCC/C=C/CCCCCC. The number of allylic oxidation sites excluding steroid dienone is 8. The summed E-state index contributed by atoms with van der Waals surface area (Å²) in [5.41, 5.74) is 0. The Morgan fingerprint density at radius 3 is 1.68 bits per heavy atom. The second-order valence-electron chi connectivity index (χ2n) is 14.1. The van der Waals surface area contributed by atoms with Crippen molar-refractivity contribution >= 4 is 11.9 Å². The van der Waals surface area contributed by atoms with E-state index in [0.717, 1.165) is 70.6 Å². The monoisotopic (exact) mass is 751 g/mol. The molecule has 0 bridgehead atoms. The molecular formula is C43H74O10. The van der Waals surface area contributed by atoms with E-state index in [1.54, 1.807) is 0 Å². The van der Waals surface area contributed by atoms with Gasteiger partial charge in [0.15, 0.2) is 12.4 Å². The first kappa shape index (κ1) is 48.7. The average Bonchev–Trinajstić information content (AvgIpc) is 3.15. The van der Waals surface area contributed by atoms with Gasteiger partial charge in [-0.25, -0.2) is 0 Å². The van der Waals surface area contributed by atoms with Gasteiger partial charge in [0.2, 0.25) is 0 Å². The van der Waals surface area contributed by atoms with Crippen molar-refractivity contribution in [3.8, 4) is 0 Å². The van der Waals surface area contributed by atoms with E-state index in [9.17, 15) is 30.0 Å². The fourth-order valence-corrected chi connectivity index (χ4v) is 5.83. The third kappa shape index (κ3) is 26.2. The van der Waals surface area contributed by atoms with Gasteiger partial charge >= 0.3 is 11.9 Å². The molecule has 1 aliphatic heterocycles. The Balaban J connectivity index is 2.41. The minimum Gasteiger partial charge on any atom is -0.462 e. The molecule has 1 fully saturated rings. The number of carbonyl (C=O) groups is 2. The average molecular weight is 751 g/mol. The maximum Gasteiger partial charge on any atom is 0.306 e. The molecule has 1 rings (SSSR count). The highest BCUT2D eigenvalue weighted by atomic mass is 16.7. The molecule has 53 heavy (non-hydrogen) atoms. The number of ether oxygens (including phenoxy) is 4. The Morgan fingerprint density at radius 2 is 1.06 bits per heavy atom. The van der Waals surface area contributed by atoms with Gasteiger partial charge in [-0.3, -0.25) is 9.59 Å². The summed E-state index contributed by atoms with van der Waals surface area (Å²) in [5.74, 6) is -0.866. The van der Waals surface area contributed by atoms with Crippen molar-refractivity contribution in [2.24, 2.45) is 0 Å². The van der Waals surface area contributed by atoms with Crippen molar-refractivity contribution in [3.05, 3.63) is 48.6 Å². The van der Waals surface area contributed by atoms with Crippen molar-refractivity contribution in [2.75, 3.05) is 19.8 Å². The van der Waals surface area contributed by atoms with E-state index in [-0.39, 0.29) is 26.1 Å². The van der Waals surface area contributed by atoms with Crippen LogP contribution in [-0.4, -0.2) is 89.0 Å². The van der Waals surface area contributed by atoms with Gasteiger partial charge in [-0.2, -0.15) is 0 Å². The third-order valence-corrected chi connectivity index (χ3v) is 9.19. The summed E-state index contributed by atoms with van der Waals surface area (Å²) in [4.78, 5) is 25.2. The van der Waals surface area contributed by atoms with E-state index in [0.29, 0.717) is 12.8 Å². The van der Waals surface area contributed by atoms with Crippen LogP contribution in [0.25, 0.3) is 0 Å². The molecule has 0 aromatic carbocycles. The van der Waals surface area contributed by atoms with Crippen molar-refractivity contribution in [2.45, 2.75) is 192 Å². The van der Waals surface area contributed by atoms with Crippen LogP contribution in [0.2, 0.25) is 0 Å². The van der Waals surface area contributed by atoms with Gasteiger partial charge in [0.25, 0.3) is 0 Å². The Hall–Kier alpha value is -2.34. The van der Waals surface area contributed by atoms with Crippen LogP contribution in [0.1, 0.15) is 155 Å². The minimum absolute atomic E-state index is 0.210. The Labute approximate surface area is 320 Å². The van der Waals surface area contributed by atoms with Crippen LogP contribution in [0, 0.1) is 0 Å². The van der Waals surface area contributed by atoms with Gasteiger partial charge in [-0.05, 0) is 77.0 Å². The third-order valence-electron chi connectivity index (χ3n) is 9.19. The predicted molar refractivity (Wildman–Crippen MR) is 210 cm³/mol. The molecule has 1 heterocycles. The molecule has 306 valence electrons. The largest absolute Gasteiger partial charge is 0.462 e. The Kier molecular flexibility index (Phi) is 31.4.